The second-order valence-electron chi connectivity index (χ2n) is 6.70. The van der Waals surface area contributed by atoms with Gasteiger partial charge in [-0.05, 0) is 41.8 Å². The van der Waals surface area contributed by atoms with Gasteiger partial charge in [-0.2, -0.15) is 0 Å². The van der Waals surface area contributed by atoms with Gasteiger partial charge in [0.25, 0.3) is 5.91 Å². The Bertz CT molecular complexity index is 1140. The van der Waals surface area contributed by atoms with Crippen molar-refractivity contribution in [2.45, 2.75) is 19.3 Å². The summed E-state index contributed by atoms with van der Waals surface area (Å²) in [6.07, 6.45) is -0.0263. The van der Waals surface area contributed by atoms with Crippen LogP contribution in [0.5, 0.6) is 0 Å². The van der Waals surface area contributed by atoms with Gasteiger partial charge in [-0.25, -0.2) is 13.2 Å². The fraction of sp³-hybridized carbons (Fsp3) is 0.143. The number of rotatable bonds is 3. The molecule has 2 aromatic carbocycles. The van der Waals surface area contributed by atoms with Crippen LogP contribution < -0.4 is 10.6 Å². The molecule has 0 radical (unpaired) electrons. The Morgan fingerprint density at radius 2 is 1.90 bits per heavy atom. The van der Waals surface area contributed by atoms with E-state index in [0.717, 1.165) is 23.5 Å². The van der Waals surface area contributed by atoms with Gasteiger partial charge in [0.05, 0.1) is 15.6 Å². The largest absolute Gasteiger partial charge is 0.319 e. The molecule has 2 heterocycles. The summed E-state index contributed by atoms with van der Waals surface area (Å²) < 4.78 is 41.6. The molecule has 2 N–H and O–H groups in total. The molecular weight excluding hydrogens is 401 g/mol. The van der Waals surface area contributed by atoms with Crippen molar-refractivity contribution in [3.63, 3.8) is 0 Å². The van der Waals surface area contributed by atoms with E-state index in [4.69, 9.17) is 0 Å². The van der Waals surface area contributed by atoms with E-state index in [-0.39, 0.29) is 28.5 Å². The van der Waals surface area contributed by atoms with Gasteiger partial charge in [0.2, 0.25) is 5.91 Å². The Morgan fingerprint density at radius 1 is 1.14 bits per heavy atom. The average molecular weight is 416 g/mol. The highest BCUT2D eigenvalue weighted by atomic mass is 32.1. The summed E-state index contributed by atoms with van der Waals surface area (Å²) in [6.45, 7) is 1.69. The number of anilines is 2. The van der Waals surface area contributed by atoms with Crippen LogP contribution in [-0.4, -0.2) is 11.8 Å². The van der Waals surface area contributed by atoms with Crippen LogP contribution in [0, 0.1) is 24.4 Å². The Balaban J connectivity index is 1.75. The molecule has 0 saturated carbocycles. The SMILES string of the molecule is Cc1c(C(=O)Nc2ccccc2F)sc2c1C(c1ccc(F)cc1F)CC(=O)N2. The zero-order chi connectivity index (χ0) is 20.7. The molecular formula is C21H15F3N2O2S. The number of para-hydroxylation sites is 1. The van der Waals surface area contributed by atoms with Gasteiger partial charge < -0.3 is 10.6 Å². The van der Waals surface area contributed by atoms with Crippen LogP contribution >= 0.6 is 11.3 Å². The van der Waals surface area contributed by atoms with Crippen LogP contribution in [0.2, 0.25) is 0 Å². The summed E-state index contributed by atoms with van der Waals surface area (Å²) in [7, 11) is 0. The number of halogens is 3. The number of fused-ring (bicyclic) bond motifs is 1. The van der Waals surface area contributed by atoms with E-state index in [1.807, 2.05) is 0 Å². The first-order valence-corrected chi connectivity index (χ1v) is 9.60. The van der Waals surface area contributed by atoms with Gasteiger partial charge in [0.15, 0.2) is 0 Å². The molecule has 0 aliphatic carbocycles. The molecule has 0 bridgehead atoms. The summed E-state index contributed by atoms with van der Waals surface area (Å²) >= 11 is 1.04. The van der Waals surface area contributed by atoms with Crippen molar-refractivity contribution in [2.24, 2.45) is 0 Å². The number of hydrogen-bond donors (Lipinski definition) is 2. The van der Waals surface area contributed by atoms with Crippen molar-refractivity contribution in [3.8, 4) is 0 Å². The lowest BCUT2D eigenvalue weighted by Crippen LogP contribution is -2.23. The number of carbonyl (C=O) groups excluding carboxylic acids is 2. The minimum absolute atomic E-state index is 0.0263. The third kappa shape index (κ3) is 3.51. The average Bonchev–Trinajstić information content (AvgIpc) is 2.99. The van der Waals surface area contributed by atoms with Gasteiger partial charge in [-0.1, -0.05) is 18.2 Å². The van der Waals surface area contributed by atoms with E-state index in [0.29, 0.717) is 16.1 Å². The Hall–Kier alpha value is -3.13. The van der Waals surface area contributed by atoms with Crippen LogP contribution in [0.3, 0.4) is 0 Å². The molecule has 1 aliphatic heterocycles. The topological polar surface area (TPSA) is 58.2 Å². The highest BCUT2D eigenvalue weighted by molar-refractivity contribution is 7.18. The molecule has 1 unspecified atom stereocenters. The van der Waals surface area contributed by atoms with Crippen molar-refractivity contribution >= 4 is 33.8 Å². The standard InChI is InChI=1S/C21H15F3N2O2S/c1-10-18-13(12-7-6-11(22)8-15(12)24)9-17(27)26-21(18)29-19(10)20(28)25-16-5-3-2-4-14(16)23/h2-8,13H,9H2,1H3,(H,25,28)(H,26,27). The van der Waals surface area contributed by atoms with Crippen LogP contribution in [0.25, 0.3) is 0 Å². The van der Waals surface area contributed by atoms with Crippen molar-refractivity contribution in [1.82, 2.24) is 0 Å². The van der Waals surface area contributed by atoms with E-state index >= 15 is 0 Å². The lowest BCUT2D eigenvalue weighted by atomic mass is 9.84. The van der Waals surface area contributed by atoms with Gasteiger partial charge >= 0.3 is 0 Å². The number of carbonyl (C=O) groups is 2. The quantitative estimate of drug-likeness (QED) is 0.617. The molecule has 4 nitrogen and oxygen atoms in total. The van der Waals surface area contributed by atoms with Gasteiger partial charge in [0, 0.05) is 18.4 Å². The first-order chi connectivity index (χ1) is 13.8. The molecule has 4 rings (SSSR count). The van der Waals surface area contributed by atoms with Crippen LogP contribution in [0.4, 0.5) is 23.9 Å². The Labute approximate surface area is 168 Å². The molecule has 148 valence electrons. The lowest BCUT2D eigenvalue weighted by Gasteiger charge is -2.24. The number of nitrogens with one attached hydrogen (secondary N) is 2. The molecule has 0 saturated heterocycles. The highest BCUT2D eigenvalue weighted by Crippen LogP contribution is 2.45. The van der Waals surface area contributed by atoms with E-state index in [1.54, 1.807) is 13.0 Å². The molecule has 29 heavy (non-hydrogen) atoms. The van der Waals surface area contributed by atoms with Crippen LogP contribution in [0.15, 0.2) is 42.5 Å². The summed E-state index contributed by atoms with van der Waals surface area (Å²) in [4.78, 5) is 25.2. The molecule has 0 fully saturated rings. The highest BCUT2D eigenvalue weighted by Gasteiger charge is 2.34. The predicted octanol–water partition coefficient (Wildman–Crippen LogP) is 5.20. The number of hydrogen-bond acceptors (Lipinski definition) is 3. The smallest absolute Gasteiger partial charge is 0.266 e. The second kappa shape index (κ2) is 7.36. The van der Waals surface area contributed by atoms with Crippen molar-refractivity contribution in [1.29, 1.82) is 0 Å². The minimum Gasteiger partial charge on any atom is -0.319 e. The first-order valence-electron chi connectivity index (χ1n) is 8.79. The molecule has 1 aromatic heterocycles. The number of benzene rings is 2. The van der Waals surface area contributed by atoms with E-state index in [1.165, 1.54) is 24.3 Å². The molecule has 0 spiro atoms. The maximum Gasteiger partial charge on any atom is 0.266 e. The maximum atomic E-state index is 14.4. The van der Waals surface area contributed by atoms with Gasteiger partial charge in [-0.3, -0.25) is 9.59 Å². The molecule has 8 heteroatoms. The number of amides is 2. The van der Waals surface area contributed by atoms with Gasteiger partial charge in [-0.15, -0.1) is 11.3 Å². The van der Waals surface area contributed by atoms with E-state index < -0.39 is 29.3 Å². The summed E-state index contributed by atoms with van der Waals surface area (Å²) in [5, 5.41) is 5.67. The first kappa shape index (κ1) is 19.2. The number of thiophene rings is 1. The molecule has 1 atom stereocenters. The van der Waals surface area contributed by atoms with E-state index in [2.05, 4.69) is 10.6 Å². The van der Waals surface area contributed by atoms with Gasteiger partial charge in [0.1, 0.15) is 17.5 Å². The molecule has 1 aliphatic rings. The van der Waals surface area contributed by atoms with Crippen LogP contribution in [0.1, 0.15) is 38.7 Å². The Morgan fingerprint density at radius 3 is 2.62 bits per heavy atom. The second-order valence-corrected chi connectivity index (χ2v) is 7.72. The predicted molar refractivity (Wildman–Crippen MR) is 105 cm³/mol. The fourth-order valence-electron chi connectivity index (χ4n) is 3.51. The zero-order valence-corrected chi connectivity index (χ0v) is 16.0. The third-order valence-electron chi connectivity index (χ3n) is 4.85. The fourth-order valence-corrected chi connectivity index (χ4v) is 4.69. The summed E-state index contributed by atoms with van der Waals surface area (Å²) in [5.74, 6) is -3.53. The maximum absolute atomic E-state index is 14.4. The summed E-state index contributed by atoms with van der Waals surface area (Å²) in [5.41, 5.74) is 1.39. The minimum atomic E-state index is -0.751. The molecule has 3 aromatic rings. The monoisotopic (exact) mass is 416 g/mol. The van der Waals surface area contributed by atoms with E-state index in [9.17, 15) is 22.8 Å². The van der Waals surface area contributed by atoms with Crippen molar-refractivity contribution < 1.29 is 22.8 Å². The zero-order valence-electron chi connectivity index (χ0n) is 15.2. The third-order valence-corrected chi connectivity index (χ3v) is 6.07. The normalized spacial score (nSPS) is 15.6. The lowest BCUT2D eigenvalue weighted by molar-refractivity contribution is -0.116. The Kier molecular flexibility index (Phi) is 4.87. The summed E-state index contributed by atoms with van der Waals surface area (Å²) in [6, 6.07) is 9.00. The van der Waals surface area contributed by atoms with Crippen molar-refractivity contribution in [3.05, 3.63) is 81.5 Å². The van der Waals surface area contributed by atoms with Crippen molar-refractivity contribution in [2.75, 3.05) is 10.6 Å². The van der Waals surface area contributed by atoms with Crippen LogP contribution in [-0.2, 0) is 4.79 Å². The molecule has 2 amide bonds.